The molecular formula is C26H16Cl2N6O3. The van der Waals surface area contributed by atoms with Gasteiger partial charge in [0.1, 0.15) is 11.8 Å². The molecule has 0 fully saturated rings. The molecule has 0 radical (unpaired) electrons. The number of ether oxygens (including phenoxy) is 1. The zero-order valence-electron chi connectivity index (χ0n) is 19.4. The van der Waals surface area contributed by atoms with E-state index in [4.69, 9.17) is 38.2 Å². The number of halogens is 2. The first-order chi connectivity index (χ1) is 17.7. The molecule has 0 unspecified atom stereocenters. The molecule has 9 nitrogen and oxygen atoms in total. The molecule has 182 valence electrons. The summed E-state index contributed by atoms with van der Waals surface area (Å²) in [4.78, 5) is 35.1. The second-order valence-electron chi connectivity index (χ2n) is 8.20. The number of aryl methyl sites for hydroxylation is 2. The Kier molecular flexibility index (Phi) is 6.21. The molecule has 0 saturated heterocycles. The summed E-state index contributed by atoms with van der Waals surface area (Å²) in [6.07, 6.45) is 1.80. The standard InChI is InChI=1S/C26H16Cl2N6O3/c1-13-3-5-21(30-12-13)22-7-14(2)17-10-16(4-6-20(17)31-22)37-24-18(27)8-15(9-19(24)28)34-26(36)32-25(35)23(11-29)33-34/h3-10,12H,1-2H3,(H,32,35,36). The van der Waals surface area contributed by atoms with Crippen LogP contribution in [0.2, 0.25) is 10.0 Å². The van der Waals surface area contributed by atoms with Crippen molar-refractivity contribution < 1.29 is 4.74 Å². The van der Waals surface area contributed by atoms with Crippen molar-refractivity contribution in [2.75, 3.05) is 0 Å². The highest BCUT2D eigenvalue weighted by molar-refractivity contribution is 6.37. The van der Waals surface area contributed by atoms with E-state index in [1.54, 1.807) is 18.3 Å². The second-order valence-corrected chi connectivity index (χ2v) is 9.01. The minimum atomic E-state index is -0.885. The van der Waals surface area contributed by atoms with Crippen LogP contribution in [0.3, 0.4) is 0 Å². The first-order valence-electron chi connectivity index (χ1n) is 10.9. The van der Waals surface area contributed by atoms with E-state index in [-0.39, 0.29) is 21.5 Å². The van der Waals surface area contributed by atoms with Crippen LogP contribution in [0.1, 0.15) is 16.8 Å². The van der Waals surface area contributed by atoms with Crippen LogP contribution in [-0.2, 0) is 0 Å². The van der Waals surface area contributed by atoms with Crippen LogP contribution in [-0.4, -0.2) is 24.7 Å². The molecule has 1 N–H and O–H groups in total. The fraction of sp³-hybridized carbons (Fsp3) is 0.0769. The van der Waals surface area contributed by atoms with E-state index in [0.717, 1.165) is 38.1 Å². The second kappa shape index (κ2) is 9.50. The number of nitrogens with zero attached hydrogens (tertiary/aromatic N) is 5. The molecule has 5 rings (SSSR count). The maximum absolute atomic E-state index is 12.2. The van der Waals surface area contributed by atoms with Crippen molar-refractivity contribution in [1.29, 1.82) is 5.26 Å². The summed E-state index contributed by atoms with van der Waals surface area (Å²) in [7, 11) is 0. The SMILES string of the molecule is Cc1ccc(-c2cc(C)c3cc(Oc4c(Cl)cc(-n5nc(C#N)c(=O)[nH]c5=O)cc4Cl)ccc3n2)nc1. The maximum Gasteiger partial charge on any atom is 0.349 e. The maximum atomic E-state index is 12.2. The van der Waals surface area contributed by atoms with Gasteiger partial charge in [-0.25, -0.2) is 9.78 Å². The molecule has 11 heteroatoms. The molecule has 0 spiro atoms. The van der Waals surface area contributed by atoms with Gasteiger partial charge in [0.15, 0.2) is 5.75 Å². The van der Waals surface area contributed by atoms with E-state index >= 15 is 0 Å². The zero-order chi connectivity index (χ0) is 26.3. The fourth-order valence-electron chi connectivity index (χ4n) is 3.72. The Morgan fingerprint density at radius 3 is 2.43 bits per heavy atom. The van der Waals surface area contributed by atoms with Crippen molar-refractivity contribution in [1.82, 2.24) is 24.7 Å². The number of rotatable bonds is 4. The predicted molar refractivity (Wildman–Crippen MR) is 140 cm³/mol. The monoisotopic (exact) mass is 530 g/mol. The number of hydrogen-bond donors (Lipinski definition) is 1. The molecular weight excluding hydrogens is 515 g/mol. The van der Waals surface area contributed by atoms with Gasteiger partial charge in [0.05, 0.1) is 32.6 Å². The van der Waals surface area contributed by atoms with E-state index in [1.807, 2.05) is 49.2 Å². The number of fused-ring (bicyclic) bond motifs is 1. The summed E-state index contributed by atoms with van der Waals surface area (Å²) in [5, 5.41) is 13.9. The van der Waals surface area contributed by atoms with Gasteiger partial charge in [0, 0.05) is 11.6 Å². The van der Waals surface area contributed by atoms with Gasteiger partial charge in [-0.15, -0.1) is 5.10 Å². The molecule has 0 atom stereocenters. The van der Waals surface area contributed by atoms with E-state index in [0.29, 0.717) is 5.75 Å². The van der Waals surface area contributed by atoms with E-state index in [1.165, 1.54) is 12.1 Å². The summed E-state index contributed by atoms with van der Waals surface area (Å²) in [5.74, 6) is 0.636. The first-order valence-corrected chi connectivity index (χ1v) is 11.6. The zero-order valence-corrected chi connectivity index (χ0v) is 20.9. The van der Waals surface area contributed by atoms with Crippen molar-refractivity contribution in [3.05, 3.63) is 102 Å². The third-order valence-corrected chi connectivity index (χ3v) is 6.10. The van der Waals surface area contributed by atoms with E-state index in [9.17, 15) is 9.59 Å². The summed E-state index contributed by atoms with van der Waals surface area (Å²) in [6.45, 7) is 3.96. The fourth-order valence-corrected chi connectivity index (χ4v) is 4.27. The third kappa shape index (κ3) is 4.68. The van der Waals surface area contributed by atoms with Gasteiger partial charge in [-0.2, -0.15) is 9.94 Å². The van der Waals surface area contributed by atoms with Crippen LogP contribution in [0.25, 0.3) is 28.0 Å². The molecule has 0 aliphatic carbocycles. The lowest BCUT2D eigenvalue weighted by molar-refractivity contribution is 0.483. The Labute approximate surface area is 219 Å². The smallest absolute Gasteiger partial charge is 0.349 e. The molecule has 2 aromatic carbocycles. The molecule has 0 aliphatic rings. The Morgan fingerprint density at radius 2 is 1.76 bits per heavy atom. The lowest BCUT2D eigenvalue weighted by Crippen LogP contribution is -2.33. The van der Waals surface area contributed by atoms with Crippen LogP contribution in [0, 0.1) is 25.2 Å². The highest BCUT2D eigenvalue weighted by Gasteiger charge is 2.16. The molecule has 5 aromatic rings. The van der Waals surface area contributed by atoms with E-state index < -0.39 is 16.9 Å². The number of aromatic amines is 1. The van der Waals surface area contributed by atoms with Crippen LogP contribution in [0.4, 0.5) is 0 Å². The Bertz CT molecular complexity index is 1830. The van der Waals surface area contributed by atoms with Crippen molar-refractivity contribution >= 4 is 34.1 Å². The third-order valence-electron chi connectivity index (χ3n) is 5.54. The van der Waals surface area contributed by atoms with Gasteiger partial charge >= 0.3 is 5.69 Å². The summed E-state index contributed by atoms with van der Waals surface area (Å²) in [6, 6.07) is 15.7. The molecule has 37 heavy (non-hydrogen) atoms. The predicted octanol–water partition coefficient (Wildman–Crippen LogP) is 5.12. The molecule has 3 heterocycles. The van der Waals surface area contributed by atoms with Gasteiger partial charge in [-0.05, 0) is 67.4 Å². The van der Waals surface area contributed by atoms with Crippen molar-refractivity contribution in [2.45, 2.75) is 13.8 Å². The highest BCUT2D eigenvalue weighted by atomic mass is 35.5. The van der Waals surface area contributed by atoms with Crippen molar-refractivity contribution in [2.24, 2.45) is 0 Å². The number of aromatic nitrogens is 5. The van der Waals surface area contributed by atoms with Crippen LogP contribution < -0.4 is 16.0 Å². The number of H-pyrrole nitrogens is 1. The minimum Gasteiger partial charge on any atom is -0.454 e. The Morgan fingerprint density at radius 1 is 1.00 bits per heavy atom. The van der Waals surface area contributed by atoms with Crippen LogP contribution in [0.5, 0.6) is 11.5 Å². The first kappa shape index (κ1) is 24.2. The average molecular weight is 531 g/mol. The van der Waals surface area contributed by atoms with E-state index in [2.05, 4.69) is 10.1 Å². The Balaban J connectivity index is 1.49. The minimum absolute atomic E-state index is 0.0941. The van der Waals surface area contributed by atoms with Crippen molar-refractivity contribution in [3.8, 4) is 34.6 Å². The average Bonchev–Trinajstić information content (AvgIpc) is 2.87. The van der Waals surface area contributed by atoms with Gasteiger partial charge in [0.25, 0.3) is 5.56 Å². The van der Waals surface area contributed by atoms with Crippen molar-refractivity contribution in [3.63, 3.8) is 0 Å². The molecule has 0 aliphatic heterocycles. The van der Waals surface area contributed by atoms with Crippen LogP contribution in [0.15, 0.2) is 64.3 Å². The van der Waals surface area contributed by atoms with Gasteiger partial charge in [0.2, 0.25) is 5.69 Å². The number of hydrogen-bond acceptors (Lipinski definition) is 7. The largest absolute Gasteiger partial charge is 0.454 e. The quantitative estimate of drug-likeness (QED) is 0.341. The molecule has 0 saturated carbocycles. The number of nitriles is 1. The highest BCUT2D eigenvalue weighted by Crippen LogP contribution is 2.39. The lowest BCUT2D eigenvalue weighted by atomic mass is 10.1. The topological polar surface area (TPSA) is 127 Å². The molecule has 3 aromatic heterocycles. The summed E-state index contributed by atoms with van der Waals surface area (Å²) in [5.41, 5.74) is 2.32. The number of nitrogens with one attached hydrogen (secondary N) is 1. The number of pyridine rings is 2. The summed E-state index contributed by atoms with van der Waals surface area (Å²) < 4.78 is 6.82. The van der Waals surface area contributed by atoms with Gasteiger partial charge in [-0.3, -0.25) is 14.8 Å². The van der Waals surface area contributed by atoms with Gasteiger partial charge in [-0.1, -0.05) is 29.3 Å². The lowest BCUT2D eigenvalue weighted by Gasteiger charge is -2.13. The molecule has 0 bridgehead atoms. The van der Waals surface area contributed by atoms with Gasteiger partial charge < -0.3 is 4.74 Å². The normalized spacial score (nSPS) is 10.9. The van der Waals surface area contributed by atoms with Crippen LogP contribution >= 0.6 is 23.2 Å². The molecule has 0 amide bonds. The number of benzene rings is 2. The Hall–Kier alpha value is -4.52. The summed E-state index contributed by atoms with van der Waals surface area (Å²) >= 11 is 12.9.